The van der Waals surface area contributed by atoms with Crippen molar-refractivity contribution in [2.24, 2.45) is 0 Å². The summed E-state index contributed by atoms with van der Waals surface area (Å²) in [6, 6.07) is 6.23. The third kappa shape index (κ3) is 4.37. The van der Waals surface area contributed by atoms with E-state index >= 15 is 0 Å². The lowest BCUT2D eigenvalue weighted by atomic mass is 10.1. The van der Waals surface area contributed by atoms with Gasteiger partial charge in [-0.25, -0.2) is 17.6 Å². The molecule has 7 nitrogen and oxygen atoms in total. The van der Waals surface area contributed by atoms with Gasteiger partial charge in [0.25, 0.3) is 10.0 Å². The fraction of sp³-hybridized carbons (Fsp3) is 0.278. The molecule has 10 heteroatoms. The van der Waals surface area contributed by atoms with Gasteiger partial charge in [0.2, 0.25) is 0 Å². The van der Waals surface area contributed by atoms with Crippen LogP contribution in [0.5, 0.6) is 0 Å². The summed E-state index contributed by atoms with van der Waals surface area (Å²) in [5, 5.41) is 9.22. The van der Waals surface area contributed by atoms with Crippen LogP contribution in [0.1, 0.15) is 15.9 Å². The lowest BCUT2D eigenvalue weighted by Crippen LogP contribution is -2.36. The van der Waals surface area contributed by atoms with Crippen LogP contribution in [0.3, 0.4) is 0 Å². The van der Waals surface area contributed by atoms with Crippen molar-refractivity contribution in [2.45, 2.75) is 11.8 Å². The highest BCUT2D eigenvalue weighted by Crippen LogP contribution is 2.28. The minimum atomic E-state index is -4.19. The second-order valence-electron chi connectivity index (χ2n) is 6.28. The number of carboxylic acids is 1. The van der Waals surface area contributed by atoms with E-state index in [1.54, 1.807) is 0 Å². The molecule has 1 aliphatic rings. The van der Waals surface area contributed by atoms with Crippen LogP contribution in [-0.4, -0.2) is 45.8 Å². The molecule has 0 spiro atoms. The van der Waals surface area contributed by atoms with Gasteiger partial charge in [-0.1, -0.05) is 11.6 Å². The van der Waals surface area contributed by atoms with E-state index < -0.39 is 21.8 Å². The number of nitrogens with one attached hydrogen (secondary N) is 1. The van der Waals surface area contributed by atoms with Crippen molar-refractivity contribution in [1.29, 1.82) is 0 Å². The van der Waals surface area contributed by atoms with Gasteiger partial charge in [0.15, 0.2) is 0 Å². The number of hydrogen-bond acceptors (Lipinski definition) is 5. The number of sulfonamides is 1. The highest BCUT2D eigenvalue weighted by atomic mass is 35.5. The smallest absolute Gasteiger partial charge is 0.336 e. The quantitative estimate of drug-likeness (QED) is 0.759. The zero-order chi connectivity index (χ0) is 20.5. The van der Waals surface area contributed by atoms with Crippen LogP contribution >= 0.6 is 11.6 Å². The number of aromatic carboxylic acids is 1. The summed E-state index contributed by atoms with van der Waals surface area (Å²) in [4.78, 5) is 12.9. The first-order chi connectivity index (χ1) is 13.2. The molecule has 1 fully saturated rings. The second kappa shape index (κ2) is 7.94. The summed E-state index contributed by atoms with van der Waals surface area (Å²) in [6.45, 7) is 3.49. The minimum absolute atomic E-state index is 0.0257. The Balaban J connectivity index is 1.97. The van der Waals surface area contributed by atoms with Crippen molar-refractivity contribution < 1.29 is 27.4 Å². The van der Waals surface area contributed by atoms with Crippen LogP contribution in [0.2, 0.25) is 5.02 Å². The molecule has 0 atom stereocenters. The fourth-order valence-electron chi connectivity index (χ4n) is 3.00. The van der Waals surface area contributed by atoms with Gasteiger partial charge in [-0.15, -0.1) is 0 Å². The Bertz CT molecular complexity index is 1020. The molecule has 28 heavy (non-hydrogen) atoms. The number of anilines is 2. The van der Waals surface area contributed by atoms with E-state index in [-0.39, 0.29) is 26.7 Å². The number of morpholine rings is 1. The van der Waals surface area contributed by atoms with Gasteiger partial charge in [-0.05, 0) is 42.8 Å². The highest BCUT2D eigenvalue weighted by Gasteiger charge is 2.23. The Morgan fingerprint density at radius 3 is 2.54 bits per heavy atom. The van der Waals surface area contributed by atoms with E-state index in [2.05, 4.69) is 4.72 Å². The van der Waals surface area contributed by atoms with E-state index in [4.69, 9.17) is 16.3 Å². The highest BCUT2D eigenvalue weighted by molar-refractivity contribution is 7.92. The maximum absolute atomic E-state index is 14.1. The normalized spacial score (nSPS) is 14.8. The van der Waals surface area contributed by atoms with Crippen molar-refractivity contribution >= 4 is 39.0 Å². The molecule has 0 saturated carbocycles. The lowest BCUT2D eigenvalue weighted by Gasteiger charge is -2.29. The molecule has 0 radical (unpaired) electrons. The van der Waals surface area contributed by atoms with Crippen LogP contribution < -0.4 is 9.62 Å². The molecule has 0 aromatic heterocycles. The van der Waals surface area contributed by atoms with Gasteiger partial charge in [0.1, 0.15) is 5.82 Å². The Morgan fingerprint density at radius 1 is 1.21 bits per heavy atom. The number of carbonyl (C=O) groups is 1. The van der Waals surface area contributed by atoms with Gasteiger partial charge in [-0.3, -0.25) is 4.72 Å². The summed E-state index contributed by atoms with van der Waals surface area (Å²) < 4.78 is 47.3. The summed E-state index contributed by atoms with van der Waals surface area (Å²) in [6.07, 6.45) is 0. The topological polar surface area (TPSA) is 95.9 Å². The molecule has 0 unspecified atom stereocenters. The molecular weight excluding hydrogens is 411 g/mol. The molecule has 0 bridgehead atoms. The number of ether oxygens (including phenoxy) is 1. The predicted octanol–water partition coefficient (Wildman–Crippen LogP) is 3.12. The summed E-state index contributed by atoms with van der Waals surface area (Å²) in [5.74, 6) is -1.90. The van der Waals surface area contributed by atoms with Crippen molar-refractivity contribution in [3.8, 4) is 0 Å². The van der Waals surface area contributed by atoms with Crippen LogP contribution in [0.4, 0.5) is 15.8 Å². The molecule has 1 aliphatic heterocycles. The second-order valence-corrected chi connectivity index (χ2v) is 8.37. The van der Waals surface area contributed by atoms with E-state index in [1.807, 2.05) is 4.90 Å². The van der Waals surface area contributed by atoms with Crippen molar-refractivity contribution in [3.05, 3.63) is 52.3 Å². The molecule has 150 valence electrons. The average molecular weight is 429 g/mol. The number of rotatable bonds is 5. The molecule has 2 aromatic carbocycles. The van der Waals surface area contributed by atoms with Gasteiger partial charge in [0, 0.05) is 23.8 Å². The third-order valence-electron chi connectivity index (χ3n) is 4.36. The summed E-state index contributed by atoms with van der Waals surface area (Å²) >= 11 is 5.89. The molecule has 2 N–H and O–H groups in total. The van der Waals surface area contributed by atoms with Crippen LogP contribution in [0.15, 0.2) is 35.2 Å². The molecule has 2 aromatic rings. The first-order valence-corrected chi connectivity index (χ1v) is 10.2. The van der Waals surface area contributed by atoms with Crippen LogP contribution in [0, 0.1) is 12.7 Å². The van der Waals surface area contributed by atoms with Crippen LogP contribution in [-0.2, 0) is 14.8 Å². The monoisotopic (exact) mass is 428 g/mol. The standard InChI is InChI=1S/C18H18ClFN2O5S/c1-11-16(18(23)24)6-12(19)7-17(11)28(25,26)21-14-8-13(20)9-15(10-14)22-2-4-27-5-3-22/h6-10,21H,2-5H2,1H3,(H,23,24). The number of hydrogen-bond donors (Lipinski definition) is 2. The Hall–Kier alpha value is -2.36. The molecule has 1 heterocycles. The number of halogens is 2. The van der Waals surface area contributed by atoms with E-state index in [0.29, 0.717) is 32.0 Å². The SMILES string of the molecule is Cc1c(C(=O)O)cc(Cl)cc1S(=O)(=O)Nc1cc(F)cc(N2CCOCC2)c1. The molecular formula is C18H18ClFN2O5S. The zero-order valence-electron chi connectivity index (χ0n) is 14.9. The molecule has 3 rings (SSSR count). The maximum atomic E-state index is 14.1. The number of benzene rings is 2. The van der Waals surface area contributed by atoms with E-state index in [9.17, 15) is 22.7 Å². The predicted molar refractivity (Wildman–Crippen MR) is 103 cm³/mol. The number of carboxylic acid groups (broad SMARTS) is 1. The van der Waals surface area contributed by atoms with Gasteiger partial charge < -0.3 is 14.7 Å². The van der Waals surface area contributed by atoms with Gasteiger partial charge in [-0.2, -0.15) is 0 Å². The summed E-state index contributed by atoms with van der Waals surface area (Å²) in [5.41, 5.74) is 0.364. The van der Waals surface area contributed by atoms with E-state index in [1.165, 1.54) is 25.1 Å². The zero-order valence-corrected chi connectivity index (χ0v) is 16.5. The Kier molecular flexibility index (Phi) is 5.78. The van der Waals surface area contributed by atoms with Gasteiger partial charge >= 0.3 is 5.97 Å². The third-order valence-corrected chi connectivity index (χ3v) is 6.08. The first kappa shape index (κ1) is 20.4. The molecule has 1 saturated heterocycles. The molecule has 0 amide bonds. The maximum Gasteiger partial charge on any atom is 0.336 e. The van der Waals surface area contributed by atoms with Crippen molar-refractivity contribution in [2.75, 3.05) is 35.9 Å². The van der Waals surface area contributed by atoms with Crippen molar-refractivity contribution in [3.63, 3.8) is 0 Å². The number of nitrogens with zero attached hydrogens (tertiary/aromatic N) is 1. The minimum Gasteiger partial charge on any atom is -0.478 e. The Labute approximate surface area is 166 Å². The average Bonchev–Trinajstić information content (AvgIpc) is 2.63. The largest absolute Gasteiger partial charge is 0.478 e. The van der Waals surface area contributed by atoms with E-state index in [0.717, 1.165) is 12.1 Å². The van der Waals surface area contributed by atoms with Crippen molar-refractivity contribution in [1.82, 2.24) is 0 Å². The van der Waals surface area contributed by atoms with Gasteiger partial charge in [0.05, 0.1) is 29.4 Å². The first-order valence-electron chi connectivity index (χ1n) is 8.37. The lowest BCUT2D eigenvalue weighted by molar-refractivity contribution is 0.0695. The fourth-order valence-corrected chi connectivity index (χ4v) is 4.62. The Morgan fingerprint density at radius 2 is 1.89 bits per heavy atom. The molecule has 0 aliphatic carbocycles. The van der Waals surface area contributed by atoms with Crippen LogP contribution in [0.25, 0.3) is 0 Å². The summed E-state index contributed by atoms with van der Waals surface area (Å²) in [7, 11) is -4.19.